The van der Waals surface area contributed by atoms with Crippen LogP contribution < -0.4 is 0 Å². The first-order valence-electron chi connectivity index (χ1n) is 8.92. The molecule has 0 heterocycles. The Labute approximate surface area is 222 Å². The van der Waals surface area contributed by atoms with Crippen LogP contribution in [0.1, 0.15) is 0 Å². The SMILES string of the molecule is FC(F)(OC(F)(OC(F)(F)C(F)(F)C(F)(F)C(F)(F)F)C(F)(F)F)OC(F)(OC(F)(F)C(F)(F)C(F)(F)C(F)(F)F)C(F)(F)F. The van der Waals surface area contributed by atoms with Crippen molar-refractivity contribution in [1.82, 2.24) is 0 Å². The van der Waals surface area contributed by atoms with Gasteiger partial charge >= 0.3 is 79.0 Å². The summed E-state index contributed by atoms with van der Waals surface area (Å²) in [5.74, 6) is -33.9. The van der Waals surface area contributed by atoms with Crippen molar-refractivity contribution in [3.63, 3.8) is 0 Å². The van der Waals surface area contributed by atoms with Crippen molar-refractivity contribution in [3.05, 3.63) is 0 Å². The number of hydrogen-bond donors (Lipinski definition) is 0. The maximum absolute atomic E-state index is 13.8. The molecular formula is C13F28O4. The molecule has 0 spiro atoms. The predicted molar refractivity (Wildman–Crippen MR) is 70.9 cm³/mol. The third-order valence-electron chi connectivity index (χ3n) is 3.93. The Bertz CT molecular complexity index is 953. The van der Waals surface area contributed by atoms with Gasteiger partial charge in [-0.3, -0.25) is 0 Å². The maximum atomic E-state index is 13.8. The van der Waals surface area contributed by atoms with Crippen LogP contribution in [0.15, 0.2) is 0 Å². The molecule has 4 nitrogen and oxygen atoms in total. The highest BCUT2D eigenvalue weighted by Gasteiger charge is 2.87. The van der Waals surface area contributed by atoms with Crippen molar-refractivity contribution in [1.29, 1.82) is 0 Å². The minimum Gasteiger partial charge on any atom is -0.246 e. The first kappa shape index (κ1) is 42.9. The highest BCUT2D eigenvalue weighted by atomic mass is 19.4. The van der Waals surface area contributed by atoms with Crippen LogP contribution in [0.25, 0.3) is 0 Å². The van der Waals surface area contributed by atoms with Gasteiger partial charge in [-0.2, -0.15) is 114 Å². The van der Waals surface area contributed by atoms with Crippen molar-refractivity contribution in [2.24, 2.45) is 0 Å². The van der Waals surface area contributed by atoms with Crippen LogP contribution >= 0.6 is 0 Å². The molecule has 0 N–H and O–H groups in total. The molecule has 0 aromatic carbocycles. The van der Waals surface area contributed by atoms with Gasteiger partial charge in [-0.15, -0.1) is 8.78 Å². The fourth-order valence-corrected chi connectivity index (χ4v) is 1.78. The maximum Gasteiger partial charge on any atom is 0.494 e. The monoisotopic (exact) mass is 752 g/mol. The highest BCUT2D eigenvalue weighted by Crippen LogP contribution is 2.58. The van der Waals surface area contributed by atoms with E-state index in [1.54, 1.807) is 0 Å². The van der Waals surface area contributed by atoms with Crippen molar-refractivity contribution in [2.45, 2.75) is 79.0 Å². The zero-order valence-corrected chi connectivity index (χ0v) is 18.7. The van der Waals surface area contributed by atoms with E-state index in [0.29, 0.717) is 0 Å². The van der Waals surface area contributed by atoms with E-state index < -0.39 is 79.0 Å². The predicted octanol–water partition coefficient (Wildman–Crippen LogP) is 8.83. The quantitative estimate of drug-likeness (QED) is 0.148. The molecule has 2 atom stereocenters. The fraction of sp³-hybridized carbons (Fsp3) is 1.00. The summed E-state index contributed by atoms with van der Waals surface area (Å²) in [4.78, 5) is 0. The molecule has 45 heavy (non-hydrogen) atoms. The van der Waals surface area contributed by atoms with Gasteiger partial charge in [0, 0.05) is 0 Å². The molecule has 272 valence electrons. The van der Waals surface area contributed by atoms with E-state index in [1.807, 2.05) is 0 Å². The third kappa shape index (κ3) is 7.56. The van der Waals surface area contributed by atoms with Crippen LogP contribution in [0.4, 0.5) is 123 Å². The van der Waals surface area contributed by atoms with E-state index in [1.165, 1.54) is 0 Å². The Morgan fingerprint density at radius 3 is 0.578 bits per heavy atom. The summed E-state index contributed by atoms with van der Waals surface area (Å²) in [5, 5.41) is 0. The van der Waals surface area contributed by atoms with Crippen LogP contribution in [-0.2, 0) is 18.9 Å². The molecule has 2 unspecified atom stereocenters. The van der Waals surface area contributed by atoms with E-state index in [0.717, 1.165) is 18.9 Å². The first-order valence-corrected chi connectivity index (χ1v) is 8.92. The first-order chi connectivity index (χ1) is 18.8. The van der Waals surface area contributed by atoms with Crippen LogP contribution in [-0.4, -0.2) is 79.0 Å². The van der Waals surface area contributed by atoms with Crippen molar-refractivity contribution in [3.8, 4) is 0 Å². The molecule has 0 aliphatic heterocycles. The summed E-state index contributed by atoms with van der Waals surface area (Å²) < 4.78 is 362. The van der Waals surface area contributed by atoms with Gasteiger partial charge in [0.2, 0.25) is 0 Å². The molecule has 0 aromatic heterocycles. The van der Waals surface area contributed by atoms with Crippen molar-refractivity contribution in [2.75, 3.05) is 0 Å². The molecule has 0 saturated carbocycles. The zero-order valence-electron chi connectivity index (χ0n) is 18.7. The largest absolute Gasteiger partial charge is 0.494 e. The van der Waals surface area contributed by atoms with Gasteiger partial charge < -0.3 is 0 Å². The summed E-state index contributed by atoms with van der Waals surface area (Å²) in [5.41, 5.74) is 0. The second-order valence-corrected chi connectivity index (χ2v) is 7.27. The van der Waals surface area contributed by atoms with E-state index in [-0.39, 0.29) is 0 Å². The molecule has 0 aromatic rings. The van der Waals surface area contributed by atoms with E-state index in [9.17, 15) is 123 Å². The summed E-state index contributed by atoms with van der Waals surface area (Å²) in [6, 6.07) is -16.6. The average molecular weight is 752 g/mol. The zero-order chi connectivity index (χ0) is 37.3. The Balaban J connectivity index is 6.93. The van der Waals surface area contributed by atoms with Crippen molar-refractivity contribution < 1.29 is 142 Å². The molecule has 0 rings (SSSR count). The summed E-state index contributed by atoms with van der Waals surface area (Å²) in [7, 11) is 0. The molecule has 0 radical (unpaired) electrons. The molecule has 0 amide bonds. The normalized spacial score (nSPS) is 18.9. The Hall–Kier alpha value is -2.12. The molecule has 0 fully saturated rings. The van der Waals surface area contributed by atoms with E-state index in [4.69, 9.17) is 0 Å². The van der Waals surface area contributed by atoms with Crippen LogP contribution in [0, 0.1) is 0 Å². The minimum atomic E-state index is -8.59. The smallest absolute Gasteiger partial charge is 0.246 e. The lowest BCUT2D eigenvalue weighted by Crippen LogP contribution is -2.66. The standard InChI is InChI=1S/C13F28O4/c14-1(15,5(22,23)24)3(18,19)9(34,35)42-11(38,7(28,29)30)44-13(40,41)45-12(39,8(31,32)33)43-10(36,37)4(20,21)2(16,17)6(25,26)27. The van der Waals surface area contributed by atoms with Gasteiger partial charge in [-0.1, -0.05) is 0 Å². The van der Waals surface area contributed by atoms with E-state index >= 15 is 0 Å². The third-order valence-corrected chi connectivity index (χ3v) is 3.93. The summed E-state index contributed by atoms with van der Waals surface area (Å²) >= 11 is 0. The number of alkyl halides is 28. The lowest BCUT2D eigenvalue weighted by Gasteiger charge is -2.39. The van der Waals surface area contributed by atoms with Crippen LogP contribution in [0.5, 0.6) is 0 Å². The van der Waals surface area contributed by atoms with Gasteiger partial charge in [-0.05, 0) is 0 Å². The lowest BCUT2D eigenvalue weighted by molar-refractivity contribution is -0.626. The second kappa shape index (κ2) is 11.0. The summed E-state index contributed by atoms with van der Waals surface area (Å²) in [6.45, 7) is 0. The lowest BCUT2D eigenvalue weighted by atomic mass is 10.1. The van der Waals surface area contributed by atoms with E-state index in [2.05, 4.69) is 0 Å². The van der Waals surface area contributed by atoms with Gasteiger partial charge in [0.1, 0.15) is 0 Å². The van der Waals surface area contributed by atoms with Gasteiger partial charge in [-0.25, -0.2) is 18.9 Å². The molecular weight excluding hydrogens is 752 g/mol. The fourth-order valence-electron chi connectivity index (χ4n) is 1.78. The highest BCUT2D eigenvalue weighted by molar-refractivity contribution is 4.98. The van der Waals surface area contributed by atoms with Crippen LogP contribution in [0.3, 0.4) is 0 Å². The van der Waals surface area contributed by atoms with Crippen LogP contribution in [0.2, 0.25) is 0 Å². The molecule has 0 bridgehead atoms. The van der Waals surface area contributed by atoms with Gasteiger partial charge in [0.15, 0.2) is 0 Å². The molecule has 0 saturated heterocycles. The Morgan fingerprint density at radius 2 is 0.422 bits per heavy atom. The molecule has 0 aliphatic carbocycles. The number of rotatable bonds is 12. The average Bonchev–Trinajstić information content (AvgIpc) is 2.67. The van der Waals surface area contributed by atoms with Gasteiger partial charge in [0.25, 0.3) is 0 Å². The minimum absolute atomic E-state index is 1.04. The molecule has 0 aliphatic rings. The Kier molecular flexibility index (Phi) is 10.5. The Morgan fingerprint density at radius 1 is 0.222 bits per heavy atom. The number of hydrogen-bond acceptors (Lipinski definition) is 4. The second-order valence-electron chi connectivity index (χ2n) is 7.27. The van der Waals surface area contributed by atoms with Gasteiger partial charge in [0.05, 0.1) is 0 Å². The molecule has 32 heteroatoms. The number of halogens is 28. The summed E-state index contributed by atoms with van der Waals surface area (Å²) in [6.07, 6.45) is -57.7. The van der Waals surface area contributed by atoms with Crippen molar-refractivity contribution >= 4 is 0 Å². The number of ether oxygens (including phenoxy) is 4. The topological polar surface area (TPSA) is 36.9 Å².